The van der Waals surface area contributed by atoms with Crippen molar-refractivity contribution in [3.63, 3.8) is 0 Å². The zero-order valence-corrected chi connectivity index (χ0v) is 15.6. The molecular weight excluding hydrogens is 426 g/mol. The minimum atomic E-state index is -3.74. The molecule has 0 aliphatic rings. The number of sulfonamides is 1. The van der Waals surface area contributed by atoms with E-state index in [-0.39, 0.29) is 29.8 Å². The molecule has 1 rings (SSSR count). The average Bonchev–Trinajstić information content (AvgIpc) is 2.24. The molecule has 0 bridgehead atoms. The van der Waals surface area contributed by atoms with E-state index in [1.54, 1.807) is 0 Å². The molecule has 0 aromatic heterocycles. The van der Waals surface area contributed by atoms with E-state index in [0.717, 1.165) is 0 Å². The van der Waals surface area contributed by atoms with Gasteiger partial charge in [-0.1, -0.05) is 0 Å². The van der Waals surface area contributed by atoms with Crippen LogP contribution < -0.4 is 15.8 Å². The van der Waals surface area contributed by atoms with Crippen LogP contribution in [0.4, 0.5) is 5.69 Å². The molecule has 118 valence electrons. The van der Waals surface area contributed by atoms with Crippen molar-refractivity contribution >= 4 is 53.5 Å². The molecule has 0 saturated heterocycles. The highest BCUT2D eigenvalue weighted by molar-refractivity contribution is 9.11. The summed E-state index contributed by atoms with van der Waals surface area (Å²) in [4.78, 5) is 11.5. The molecule has 4 N–H and O–H groups in total. The van der Waals surface area contributed by atoms with E-state index in [9.17, 15) is 13.2 Å². The van der Waals surface area contributed by atoms with Crippen LogP contribution in [0.15, 0.2) is 26.0 Å². The van der Waals surface area contributed by atoms with Gasteiger partial charge in [-0.25, -0.2) is 13.1 Å². The molecule has 0 radical (unpaired) electrons. The quantitative estimate of drug-likeness (QED) is 0.586. The second kappa shape index (κ2) is 7.57. The van der Waals surface area contributed by atoms with Crippen LogP contribution in [0.3, 0.4) is 0 Å². The summed E-state index contributed by atoms with van der Waals surface area (Å²) in [7, 11) is -3.74. The molecule has 1 aromatic rings. The van der Waals surface area contributed by atoms with Crippen molar-refractivity contribution < 1.29 is 13.2 Å². The van der Waals surface area contributed by atoms with Gasteiger partial charge >= 0.3 is 0 Å². The third-order valence-corrected chi connectivity index (χ3v) is 5.72. The number of hydrogen-bond acceptors (Lipinski definition) is 4. The minimum absolute atomic E-state index is 0.0180. The van der Waals surface area contributed by atoms with Crippen LogP contribution in [0.25, 0.3) is 0 Å². The second-order valence-electron chi connectivity index (χ2n) is 4.68. The first-order valence-electron chi connectivity index (χ1n) is 6.17. The summed E-state index contributed by atoms with van der Waals surface area (Å²) in [5.74, 6) is -0.205. The summed E-state index contributed by atoms with van der Waals surface area (Å²) in [5, 5.41) is 2.69. The van der Waals surface area contributed by atoms with Crippen molar-refractivity contribution in [1.29, 1.82) is 0 Å². The van der Waals surface area contributed by atoms with Crippen LogP contribution in [-0.4, -0.2) is 26.9 Å². The summed E-state index contributed by atoms with van der Waals surface area (Å²) in [6.45, 7) is 3.69. The molecule has 9 heteroatoms. The Morgan fingerprint density at radius 3 is 2.29 bits per heavy atom. The van der Waals surface area contributed by atoms with Crippen molar-refractivity contribution in [1.82, 2.24) is 10.0 Å². The van der Waals surface area contributed by atoms with Gasteiger partial charge in [-0.2, -0.15) is 0 Å². The Labute approximate surface area is 141 Å². The first-order valence-corrected chi connectivity index (χ1v) is 9.24. The predicted molar refractivity (Wildman–Crippen MR) is 89.3 cm³/mol. The molecule has 1 amide bonds. The molecule has 0 saturated carbocycles. The molecule has 0 heterocycles. The number of benzene rings is 1. The topological polar surface area (TPSA) is 101 Å². The van der Waals surface area contributed by atoms with Gasteiger partial charge in [0.05, 0.1) is 0 Å². The number of amides is 1. The van der Waals surface area contributed by atoms with Crippen molar-refractivity contribution in [3.05, 3.63) is 21.1 Å². The molecule has 0 aliphatic heterocycles. The first-order chi connectivity index (χ1) is 9.63. The van der Waals surface area contributed by atoms with E-state index in [1.165, 1.54) is 12.1 Å². The van der Waals surface area contributed by atoms with E-state index in [4.69, 9.17) is 5.73 Å². The number of nitrogen functional groups attached to an aromatic ring is 1. The molecule has 0 aliphatic carbocycles. The maximum Gasteiger partial charge on any atom is 0.242 e. The Morgan fingerprint density at radius 1 is 1.29 bits per heavy atom. The highest BCUT2D eigenvalue weighted by Gasteiger charge is 2.21. The van der Waals surface area contributed by atoms with Gasteiger partial charge in [0, 0.05) is 33.6 Å². The SMILES string of the molecule is CC(C)NC(=O)CCNS(=O)(=O)c1c(Br)cc(N)cc1Br. The lowest BCUT2D eigenvalue weighted by molar-refractivity contribution is -0.121. The minimum Gasteiger partial charge on any atom is -0.399 e. The maximum atomic E-state index is 12.2. The van der Waals surface area contributed by atoms with Crippen molar-refractivity contribution in [2.75, 3.05) is 12.3 Å². The lowest BCUT2D eigenvalue weighted by Crippen LogP contribution is -2.34. The van der Waals surface area contributed by atoms with Crippen molar-refractivity contribution in [3.8, 4) is 0 Å². The van der Waals surface area contributed by atoms with E-state index >= 15 is 0 Å². The van der Waals surface area contributed by atoms with Crippen molar-refractivity contribution in [2.24, 2.45) is 0 Å². The number of carbonyl (C=O) groups excluding carboxylic acids is 1. The summed E-state index contributed by atoms with van der Waals surface area (Å²) in [5.41, 5.74) is 6.06. The number of halogens is 2. The van der Waals surface area contributed by atoms with E-state index in [2.05, 4.69) is 41.9 Å². The summed E-state index contributed by atoms with van der Waals surface area (Å²) in [6.07, 6.45) is 0.0711. The van der Waals surface area contributed by atoms with Gasteiger partial charge in [-0.3, -0.25) is 4.79 Å². The highest BCUT2D eigenvalue weighted by atomic mass is 79.9. The van der Waals surface area contributed by atoms with Gasteiger partial charge in [0.2, 0.25) is 15.9 Å². The fraction of sp³-hybridized carbons (Fsp3) is 0.417. The molecule has 0 atom stereocenters. The molecule has 0 unspecified atom stereocenters. The largest absolute Gasteiger partial charge is 0.399 e. The molecule has 6 nitrogen and oxygen atoms in total. The maximum absolute atomic E-state index is 12.2. The zero-order chi connectivity index (χ0) is 16.2. The summed E-state index contributed by atoms with van der Waals surface area (Å²) in [6, 6.07) is 3.03. The Bertz CT molecular complexity index is 610. The Hall–Kier alpha value is -0.640. The molecule has 21 heavy (non-hydrogen) atoms. The van der Waals surface area contributed by atoms with Gasteiger partial charge < -0.3 is 11.1 Å². The number of carbonyl (C=O) groups is 1. The number of anilines is 1. The third-order valence-electron chi connectivity index (χ3n) is 2.38. The third kappa shape index (κ3) is 5.57. The molecule has 0 spiro atoms. The summed E-state index contributed by atoms with van der Waals surface area (Å²) >= 11 is 6.36. The van der Waals surface area contributed by atoms with Gasteiger partial charge in [0.25, 0.3) is 0 Å². The van der Waals surface area contributed by atoms with Gasteiger partial charge in [-0.15, -0.1) is 0 Å². The standard InChI is InChI=1S/C12H17Br2N3O3S/c1-7(2)17-11(18)3-4-16-21(19,20)12-9(13)5-8(15)6-10(12)14/h5-7,16H,3-4,15H2,1-2H3,(H,17,18). The predicted octanol–water partition coefficient (Wildman–Crippen LogP) is 1.99. The van der Waals surface area contributed by atoms with Gasteiger partial charge in [0.15, 0.2) is 0 Å². The fourth-order valence-corrected chi connectivity index (χ4v) is 5.25. The normalized spacial score (nSPS) is 11.7. The molecular formula is C12H17Br2N3O3S. The lowest BCUT2D eigenvalue weighted by Gasteiger charge is -2.12. The number of hydrogen-bond donors (Lipinski definition) is 3. The Balaban J connectivity index is 2.77. The smallest absolute Gasteiger partial charge is 0.242 e. The second-order valence-corrected chi connectivity index (χ2v) is 8.10. The lowest BCUT2D eigenvalue weighted by atomic mass is 10.3. The van der Waals surface area contributed by atoms with Crippen LogP contribution in [0.5, 0.6) is 0 Å². The average molecular weight is 443 g/mol. The number of rotatable bonds is 6. The van der Waals surface area contributed by atoms with Crippen LogP contribution in [0.1, 0.15) is 20.3 Å². The molecule has 1 aromatic carbocycles. The van der Waals surface area contributed by atoms with E-state index < -0.39 is 10.0 Å². The van der Waals surface area contributed by atoms with Crippen LogP contribution in [0.2, 0.25) is 0 Å². The monoisotopic (exact) mass is 441 g/mol. The van der Waals surface area contributed by atoms with Gasteiger partial charge in [0.1, 0.15) is 4.90 Å². The van der Waals surface area contributed by atoms with E-state index in [0.29, 0.717) is 14.6 Å². The fourth-order valence-electron chi connectivity index (χ4n) is 1.60. The Kier molecular flexibility index (Phi) is 6.64. The zero-order valence-electron chi connectivity index (χ0n) is 11.6. The van der Waals surface area contributed by atoms with Crippen molar-refractivity contribution in [2.45, 2.75) is 31.2 Å². The number of nitrogens with two attached hydrogens (primary N) is 1. The molecule has 0 fully saturated rings. The van der Waals surface area contributed by atoms with Crippen LogP contribution in [0, 0.1) is 0 Å². The first kappa shape index (κ1) is 18.4. The van der Waals surface area contributed by atoms with Crippen LogP contribution >= 0.6 is 31.9 Å². The summed E-state index contributed by atoms with van der Waals surface area (Å²) < 4.78 is 27.6. The van der Waals surface area contributed by atoms with E-state index in [1.807, 2.05) is 13.8 Å². The Morgan fingerprint density at radius 2 is 1.81 bits per heavy atom. The van der Waals surface area contributed by atoms with Gasteiger partial charge in [-0.05, 0) is 57.8 Å². The number of nitrogens with one attached hydrogen (secondary N) is 2. The highest BCUT2D eigenvalue weighted by Crippen LogP contribution is 2.32. The van der Waals surface area contributed by atoms with Crippen LogP contribution in [-0.2, 0) is 14.8 Å².